The van der Waals surface area contributed by atoms with Gasteiger partial charge in [0.15, 0.2) is 6.29 Å². The van der Waals surface area contributed by atoms with Crippen LogP contribution < -0.4 is 4.74 Å². The summed E-state index contributed by atoms with van der Waals surface area (Å²) in [6.45, 7) is 4.28. The van der Waals surface area contributed by atoms with E-state index < -0.39 is 0 Å². The van der Waals surface area contributed by atoms with Gasteiger partial charge in [0.1, 0.15) is 5.75 Å². The fraction of sp³-hybridized carbons (Fsp3) is 0.250. The van der Waals surface area contributed by atoms with Crippen LogP contribution in [0, 0.1) is 0 Å². The molecule has 0 saturated carbocycles. The van der Waals surface area contributed by atoms with E-state index in [9.17, 15) is 4.79 Å². The van der Waals surface area contributed by atoms with Gasteiger partial charge in [0.05, 0.1) is 12.6 Å². The summed E-state index contributed by atoms with van der Waals surface area (Å²) in [4.78, 5) is 11.8. The van der Waals surface area contributed by atoms with Gasteiger partial charge in [-0.15, -0.1) is 0 Å². The van der Waals surface area contributed by atoms with Gasteiger partial charge in [0.2, 0.25) is 0 Å². The van der Waals surface area contributed by atoms with Crippen molar-refractivity contribution in [2.75, 3.05) is 7.11 Å². The molecule has 2 aromatic carbocycles. The highest BCUT2D eigenvalue weighted by molar-refractivity contribution is 6.00. The number of carbonyl (C=O) groups excluding carboxylic acids is 1. The van der Waals surface area contributed by atoms with E-state index in [1.807, 2.05) is 36.4 Å². The molecule has 3 nitrogen and oxygen atoms in total. The minimum Gasteiger partial charge on any atom is -0.497 e. The highest BCUT2D eigenvalue weighted by Crippen LogP contribution is 2.32. The summed E-state index contributed by atoms with van der Waals surface area (Å²) in [5, 5.41) is 0.987. The third-order valence-corrected chi connectivity index (χ3v) is 4.20. The van der Waals surface area contributed by atoms with Gasteiger partial charge in [0, 0.05) is 35.2 Å². The molecule has 0 aliphatic rings. The van der Waals surface area contributed by atoms with Gasteiger partial charge in [0.25, 0.3) is 0 Å². The summed E-state index contributed by atoms with van der Waals surface area (Å²) in [6.07, 6.45) is 1.72. The van der Waals surface area contributed by atoms with Crippen molar-refractivity contribution in [3.8, 4) is 5.75 Å². The lowest BCUT2D eigenvalue weighted by atomic mass is 10.1. The molecule has 0 N–H and O–H groups in total. The van der Waals surface area contributed by atoms with Gasteiger partial charge in [-0.25, -0.2) is 0 Å². The maximum Gasteiger partial charge on any atom is 0.152 e. The monoisotopic (exact) mass is 307 g/mol. The van der Waals surface area contributed by atoms with Crippen molar-refractivity contribution in [2.45, 2.75) is 26.3 Å². The lowest BCUT2D eigenvalue weighted by molar-refractivity contribution is 0.112. The number of carbonyl (C=O) groups is 1. The second kappa shape index (κ2) is 6.29. The second-order valence-electron chi connectivity index (χ2n) is 5.99. The predicted molar refractivity (Wildman–Crippen MR) is 93.5 cm³/mol. The number of aldehydes is 1. The number of hydrogen-bond acceptors (Lipinski definition) is 2. The Morgan fingerprint density at radius 3 is 2.48 bits per heavy atom. The zero-order valence-electron chi connectivity index (χ0n) is 13.7. The Morgan fingerprint density at radius 1 is 1.13 bits per heavy atom. The molecule has 3 heteroatoms. The zero-order valence-corrected chi connectivity index (χ0v) is 13.7. The molecule has 0 amide bonds. The number of hydrogen-bond donors (Lipinski definition) is 0. The predicted octanol–water partition coefficient (Wildman–Crippen LogP) is 4.63. The quantitative estimate of drug-likeness (QED) is 0.643. The molecule has 0 atom stereocenters. The van der Waals surface area contributed by atoms with Crippen LogP contribution in [0.4, 0.5) is 0 Å². The second-order valence-corrected chi connectivity index (χ2v) is 5.99. The minimum atomic E-state index is 0.261. The lowest BCUT2D eigenvalue weighted by Gasteiger charge is -2.15. The Hall–Kier alpha value is -2.55. The van der Waals surface area contributed by atoms with Gasteiger partial charge in [-0.3, -0.25) is 4.79 Å². The summed E-state index contributed by atoms with van der Waals surface area (Å²) < 4.78 is 7.60. The first-order valence-corrected chi connectivity index (χ1v) is 7.85. The average molecular weight is 307 g/mol. The first-order chi connectivity index (χ1) is 11.2. The number of methoxy groups -OCH3 is 1. The van der Waals surface area contributed by atoms with Crippen LogP contribution >= 0.6 is 0 Å². The van der Waals surface area contributed by atoms with Gasteiger partial charge < -0.3 is 9.30 Å². The Bertz CT molecular complexity index is 832. The van der Waals surface area contributed by atoms with E-state index in [0.29, 0.717) is 0 Å². The van der Waals surface area contributed by atoms with Crippen molar-refractivity contribution in [2.24, 2.45) is 0 Å². The average Bonchev–Trinajstić information content (AvgIpc) is 2.87. The third kappa shape index (κ3) is 2.74. The van der Waals surface area contributed by atoms with Crippen LogP contribution in [0.5, 0.6) is 5.75 Å². The highest BCUT2D eigenvalue weighted by atomic mass is 16.5. The molecule has 118 valence electrons. The summed E-state index contributed by atoms with van der Waals surface area (Å²) in [6, 6.07) is 16.4. The Kier molecular flexibility index (Phi) is 4.20. The highest BCUT2D eigenvalue weighted by Gasteiger charge is 2.19. The number of benzene rings is 2. The molecule has 0 unspecified atom stereocenters. The van der Waals surface area contributed by atoms with Crippen LogP contribution in [-0.2, 0) is 6.42 Å². The SMILES string of the molecule is COc1ccc2c(C=O)c(Cc3ccccc3)n(C(C)C)c2c1. The topological polar surface area (TPSA) is 31.2 Å². The van der Waals surface area contributed by atoms with Gasteiger partial charge >= 0.3 is 0 Å². The van der Waals surface area contributed by atoms with Crippen LogP contribution in [-0.4, -0.2) is 18.0 Å². The van der Waals surface area contributed by atoms with Gasteiger partial charge in [-0.2, -0.15) is 0 Å². The van der Waals surface area contributed by atoms with E-state index in [-0.39, 0.29) is 6.04 Å². The van der Waals surface area contributed by atoms with Crippen molar-refractivity contribution < 1.29 is 9.53 Å². The Morgan fingerprint density at radius 2 is 1.87 bits per heavy atom. The number of rotatable bonds is 5. The number of ether oxygens (including phenoxy) is 1. The molecule has 1 heterocycles. The molecule has 3 aromatic rings. The number of aromatic nitrogens is 1. The summed E-state index contributed by atoms with van der Waals surface area (Å²) in [5.41, 5.74) is 4.09. The Balaban J connectivity index is 2.25. The summed E-state index contributed by atoms with van der Waals surface area (Å²) in [5.74, 6) is 0.806. The number of nitrogens with zero attached hydrogens (tertiary/aromatic N) is 1. The van der Waals surface area contributed by atoms with E-state index in [1.165, 1.54) is 5.56 Å². The van der Waals surface area contributed by atoms with Crippen molar-refractivity contribution in [3.63, 3.8) is 0 Å². The van der Waals surface area contributed by atoms with Crippen LogP contribution in [0.3, 0.4) is 0 Å². The van der Waals surface area contributed by atoms with Gasteiger partial charge in [-0.1, -0.05) is 30.3 Å². The van der Waals surface area contributed by atoms with Crippen LogP contribution in [0.25, 0.3) is 10.9 Å². The molecule has 0 aliphatic heterocycles. The molecular formula is C20H21NO2. The molecule has 23 heavy (non-hydrogen) atoms. The fourth-order valence-electron chi connectivity index (χ4n) is 3.19. The van der Waals surface area contributed by atoms with E-state index in [2.05, 4.69) is 30.5 Å². The van der Waals surface area contributed by atoms with E-state index >= 15 is 0 Å². The number of fused-ring (bicyclic) bond motifs is 1. The van der Waals surface area contributed by atoms with Crippen molar-refractivity contribution in [3.05, 3.63) is 65.4 Å². The van der Waals surface area contributed by atoms with Crippen molar-refractivity contribution in [1.82, 2.24) is 4.57 Å². The van der Waals surface area contributed by atoms with Crippen LogP contribution in [0.2, 0.25) is 0 Å². The molecule has 0 bridgehead atoms. The molecular weight excluding hydrogens is 286 g/mol. The fourth-order valence-corrected chi connectivity index (χ4v) is 3.19. The van der Waals surface area contributed by atoms with Gasteiger partial charge in [-0.05, 0) is 31.5 Å². The molecule has 1 aromatic heterocycles. The largest absolute Gasteiger partial charge is 0.497 e. The van der Waals surface area contributed by atoms with E-state index in [0.717, 1.165) is 40.6 Å². The first-order valence-electron chi connectivity index (χ1n) is 7.85. The molecule has 3 rings (SSSR count). The molecule has 0 fully saturated rings. The molecule has 0 spiro atoms. The lowest BCUT2D eigenvalue weighted by Crippen LogP contribution is -2.07. The summed E-state index contributed by atoms with van der Waals surface area (Å²) >= 11 is 0. The maximum atomic E-state index is 11.8. The normalized spacial score (nSPS) is 11.1. The minimum absolute atomic E-state index is 0.261. The smallest absolute Gasteiger partial charge is 0.152 e. The van der Waals surface area contributed by atoms with Crippen molar-refractivity contribution in [1.29, 1.82) is 0 Å². The van der Waals surface area contributed by atoms with E-state index in [1.54, 1.807) is 7.11 Å². The first kappa shape index (κ1) is 15.3. The maximum absolute atomic E-state index is 11.8. The standard InChI is InChI=1S/C20H21NO2/c1-14(2)21-19(11-15-7-5-4-6-8-15)18(13-22)17-10-9-16(23-3)12-20(17)21/h4-10,12-14H,11H2,1-3H3. The third-order valence-electron chi connectivity index (χ3n) is 4.20. The van der Waals surface area contributed by atoms with Crippen molar-refractivity contribution >= 4 is 17.2 Å². The Labute approximate surface area is 136 Å². The molecule has 0 radical (unpaired) electrons. The van der Waals surface area contributed by atoms with Crippen LogP contribution in [0.1, 0.15) is 41.5 Å². The summed E-state index contributed by atoms with van der Waals surface area (Å²) in [7, 11) is 1.66. The zero-order chi connectivity index (χ0) is 16.4. The molecule has 0 aliphatic carbocycles. The van der Waals surface area contributed by atoms with Crippen LogP contribution in [0.15, 0.2) is 48.5 Å². The van der Waals surface area contributed by atoms with E-state index in [4.69, 9.17) is 4.74 Å². The molecule has 0 saturated heterocycles.